The van der Waals surface area contributed by atoms with Crippen LogP contribution >= 0.6 is 11.8 Å². The number of hydrogen-bond acceptors (Lipinski definition) is 4. The summed E-state index contributed by atoms with van der Waals surface area (Å²) >= 11 is 1.31. The van der Waals surface area contributed by atoms with Gasteiger partial charge in [0.25, 0.3) is 0 Å². The van der Waals surface area contributed by atoms with Crippen molar-refractivity contribution in [1.29, 1.82) is 0 Å². The van der Waals surface area contributed by atoms with Crippen molar-refractivity contribution in [3.05, 3.63) is 54.9 Å². The first kappa shape index (κ1) is 16.3. The zero-order chi connectivity index (χ0) is 17.1. The summed E-state index contributed by atoms with van der Waals surface area (Å²) in [7, 11) is 1.82. The zero-order valence-electron chi connectivity index (χ0n) is 13.2. The maximum atomic E-state index is 14.0. The van der Waals surface area contributed by atoms with Crippen LogP contribution in [0.2, 0.25) is 0 Å². The first-order valence-electron chi connectivity index (χ1n) is 7.29. The highest BCUT2D eigenvalue weighted by molar-refractivity contribution is 8.00. The number of rotatable bonds is 5. The molecule has 24 heavy (non-hydrogen) atoms. The highest BCUT2D eigenvalue weighted by Gasteiger charge is 2.18. The molecule has 0 spiro atoms. The van der Waals surface area contributed by atoms with Crippen molar-refractivity contribution in [3.8, 4) is 5.69 Å². The largest absolute Gasteiger partial charge is 0.325 e. The van der Waals surface area contributed by atoms with E-state index in [2.05, 4.69) is 15.5 Å². The van der Waals surface area contributed by atoms with Crippen LogP contribution in [-0.4, -0.2) is 30.5 Å². The van der Waals surface area contributed by atoms with E-state index in [1.807, 2.05) is 19.2 Å². The average Bonchev–Trinajstić information content (AvgIpc) is 3.22. The summed E-state index contributed by atoms with van der Waals surface area (Å²) in [4.78, 5) is 12.3. The number of anilines is 1. The van der Waals surface area contributed by atoms with Crippen molar-refractivity contribution in [1.82, 2.24) is 19.3 Å². The standard InChI is InChI=1S/C16H16FN5OS/c1-11(24-16-20-18-10-21(16)2)15(23)19-12-5-6-13(17)14(9-12)22-7-3-4-8-22/h3-11H,1-2H3,(H,19,23). The molecule has 3 aromatic rings. The molecule has 0 aliphatic heterocycles. The van der Waals surface area contributed by atoms with Crippen molar-refractivity contribution < 1.29 is 9.18 Å². The minimum Gasteiger partial charge on any atom is -0.325 e. The lowest BCUT2D eigenvalue weighted by Gasteiger charge is -2.13. The summed E-state index contributed by atoms with van der Waals surface area (Å²) in [6, 6.07) is 8.10. The van der Waals surface area contributed by atoms with Gasteiger partial charge in [0, 0.05) is 25.1 Å². The van der Waals surface area contributed by atoms with Gasteiger partial charge in [0.05, 0.1) is 10.9 Å². The van der Waals surface area contributed by atoms with E-state index in [-0.39, 0.29) is 17.0 Å². The van der Waals surface area contributed by atoms with E-state index in [0.717, 1.165) is 0 Å². The molecule has 0 fully saturated rings. The average molecular weight is 345 g/mol. The summed E-state index contributed by atoms with van der Waals surface area (Å²) in [6.45, 7) is 1.78. The number of thioether (sulfide) groups is 1. The number of aryl methyl sites for hydroxylation is 1. The van der Waals surface area contributed by atoms with Crippen molar-refractivity contribution in [2.24, 2.45) is 7.05 Å². The predicted octanol–water partition coefficient (Wildman–Crippen LogP) is 2.86. The Labute approximate surface area is 142 Å². The Balaban J connectivity index is 1.72. The van der Waals surface area contributed by atoms with Crippen LogP contribution in [0, 0.1) is 5.82 Å². The Morgan fingerprint density at radius 1 is 1.33 bits per heavy atom. The summed E-state index contributed by atoms with van der Waals surface area (Å²) < 4.78 is 17.4. The van der Waals surface area contributed by atoms with E-state index in [4.69, 9.17) is 0 Å². The third kappa shape index (κ3) is 3.48. The van der Waals surface area contributed by atoms with E-state index in [1.165, 1.54) is 17.8 Å². The molecule has 8 heteroatoms. The van der Waals surface area contributed by atoms with Crippen LogP contribution in [0.5, 0.6) is 0 Å². The maximum Gasteiger partial charge on any atom is 0.237 e. The Morgan fingerprint density at radius 3 is 2.75 bits per heavy atom. The van der Waals surface area contributed by atoms with Crippen LogP contribution < -0.4 is 5.32 Å². The normalized spacial score (nSPS) is 12.1. The highest BCUT2D eigenvalue weighted by Crippen LogP contribution is 2.23. The van der Waals surface area contributed by atoms with Crippen molar-refractivity contribution in [3.63, 3.8) is 0 Å². The van der Waals surface area contributed by atoms with Gasteiger partial charge in [-0.1, -0.05) is 11.8 Å². The number of hydrogen-bond donors (Lipinski definition) is 1. The number of aromatic nitrogens is 4. The molecule has 6 nitrogen and oxygen atoms in total. The first-order valence-corrected chi connectivity index (χ1v) is 8.17. The first-order chi connectivity index (χ1) is 11.5. The minimum atomic E-state index is -0.368. The lowest BCUT2D eigenvalue weighted by atomic mass is 10.2. The van der Waals surface area contributed by atoms with E-state index in [1.54, 1.807) is 46.9 Å². The van der Waals surface area contributed by atoms with Gasteiger partial charge in [0.15, 0.2) is 5.16 Å². The second-order valence-electron chi connectivity index (χ2n) is 5.23. The van der Waals surface area contributed by atoms with Crippen LogP contribution in [0.1, 0.15) is 6.92 Å². The molecule has 0 saturated heterocycles. The lowest BCUT2D eigenvalue weighted by Crippen LogP contribution is -2.23. The molecule has 0 bridgehead atoms. The summed E-state index contributed by atoms with van der Waals surface area (Å²) in [5.41, 5.74) is 0.918. The van der Waals surface area contributed by atoms with Crippen molar-refractivity contribution in [2.75, 3.05) is 5.32 Å². The van der Waals surface area contributed by atoms with Gasteiger partial charge in [-0.2, -0.15) is 0 Å². The molecule has 3 rings (SSSR count). The van der Waals surface area contributed by atoms with Gasteiger partial charge in [-0.3, -0.25) is 4.79 Å². The third-order valence-electron chi connectivity index (χ3n) is 3.42. The van der Waals surface area contributed by atoms with Gasteiger partial charge in [0.1, 0.15) is 12.1 Å². The molecule has 0 aliphatic rings. The van der Waals surface area contributed by atoms with E-state index < -0.39 is 0 Å². The summed E-state index contributed by atoms with van der Waals surface area (Å²) in [6.07, 6.45) is 5.07. The molecule has 1 aromatic carbocycles. The fourth-order valence-electron chi connectivity index (χ4n) is 2.12. The van der Waals surface area contributed by atoms with Gasteiger partial charge >= 0.3 is 0 Å². The number of carbonyl (C=O) groups excluding carboxylic acids is 1. The van der Waals surface area contributed by atoms with Gasteiger partial charge in [-0.05, 0) is 37.3 Å². The van der Waals surface area contributed by atoms with E-state index in [9.17, 15) is 9.18 Å². The number of nitrogens with one attached hydrogen (secondary N) is 1. The van der Waals surface area contributed by atoms with Gasteiger partial charge < -0.3 is 14.5 Å². The van der Waals surface area contributed by atoms with E-state index in [0.29, 0.717) is 16.5 Å². The monoisotopic (exact) mass is 345 g/mol. The molecule has 1 N–H and O–H groups in total. The molecule has 0 radical (unpaired) electrons. The van der Waals surface area contributed by atoms with Gasteiger partial charge in [-0.25, -0.2) is 4.39 Å². The maximum absolute atomic E-state index is 14.0. The van der Waals surface area contributed by atoms with Gasteiger partial charge in [0.2, 0.25) is 5.91 Å². The van der Waals surface area contributed by atoms with Gasteiger partial charge in [-0.15, -0.1) is 10.2 Å². The molecular weight excluding hydrogens is 329 g/mol. The Hall–Kier alpha value is -2.61. The number of carbonyl (C=O) groups is 1. The zero-order valence-corrected chi connectivity index (χ0v) is 14.0. The minimum absolute atomic E-state index is 0.187. The van der Waals surface area contributed by atoms with E-state index >= 15 is 0 Å². The molecule has 2 heterocycles. The topological polar surface area (TPSA) is 64.7 Å². The van der Waals surface area contributed by atoms with Crippen molar-refractivity contribution >= 4 is 23.4 Å². The molecule has 1 unspecified atom stereocenters. The fourth-order valence-corrected chi connectivity index (χ4v) is 2.91. The second-order valence-corrected chi connectivity index (χ2v) is 6.54. The Bertz CT molecular complexity index is 846. The van der Waals surface area contributed by atoms with Crippen LogP contribution in [0.4, 0.5) is 10.1 Å². The number of amides is 1. The van der Waals surface area contributed by atoms with Crippen LogP contribution in [-0.2, 0) is 11.8 Å². The van der Waals surface area contributed by atoms with Crippen molar-refractivity contribution in [2.45, 2.75) is 17.3 Å². The third-order valence-corrected chi connectivity index (χ3v) is 4.57. The Morgan fingerprint density at radius 2 is 2.08 bits per heavy atom. The molecule has 0 saturated carbocycles. The number of halogens is 1. The molecule has 2 aromatic heterocycles. The lowest BCUT2D eigenvalue weighted by molar-refractivity contribution is -0.115. The summed E-state index contributed by atoms with van der Waals surface area (Å²) in [5.74, 6) is -0.543. The number of benzene rings is 1. The van der Waals surface area contributed by atoms with Crippen LogP contribution in [0.3, 0.4) is 0 Å². The Kier molecular flexibility index (Phi) is 4.66. The summed E-state index contributed by atoms with van der Waals surface area (Å²) in [5, 5.41) is 10.8. The number of nitrogens with zero attached hydrogens (tertiary/aromatic N) is 4. The quantitative estimate of drug-likeness (QED) is 0.722. The predicted molar refractivity (Wildman–Crippen MR) is 90.7 cm³/mol. The molecule has 0 aliphatic carbocycles. The molecule has 1 atom stereocenters. The van der Waals surface area contributed by atoms with Crippen LogP contribution in [0.15, 0.2) is 54.2 Å². The SMILES string of the molecule is CC(Sc1nncn1C)C(=O)Nc1ccc(F)c(-n2cccc2)c1. The molecule has 124 valence electrons. The smallest absolute Gasteiger partial charge is 0.237 e. The molecule has 1 amide bonds. The highest BCUT2D eigenvalue weighted by atomic mass is 32.2. The van der Waals surface area contributed by atoms with Crippen LogP contribution in [0.25, 0.3) is 5.69 Å². The molecular formula is C16H16FN5OS. The second kappa shape index (κ2) is 6.88. The fraction of sp³-hybridized carbons (Fsp3) is 0.188.